The molecule has 2 aromatic carbocycles. The van der Waals surface area contributed by atoms with E-state index in [0.29, 0.717) is 23.1 Å². The Morgan fingerprint density at radius 3 is 2.71 bits per heavy atom. The van der Waals surface area contributed by atoms with Crippen LogP contribution in [0.4, 0.5) is 4.79 Å². The van der Waals surface area contributed by atoms with E-state index in [1.54, 1.807) is 18.2 Å². The lowest BCUT2D eigenvalue weighted by atomic mass is 10.1. The molecule has 0 aliphatic carbocycles. The van der Waals surface area contributed by atoms with Gasteiger partial charge in [-0.15, -0.1) is 0 Å². The summed E-state index contributed by atoms with van der Waals surface area (Å²) in [5.41, 5.74) is 3.12. The number of fused-ring (bicyclic) bond motifs is 1. The zero-order chi connectivity index (χ0) is 16.9. The maximum absolute atomic E-state index is 11.9. The van der Waals surface area contributed by atoms with Crippen molar-refractivity contribution in [3.63, 3.8) is 0 Å². The monoisotopic (exact) mass is 361 g/mol. The number of rotatable bonds is 5. The average molecular weight is 362 g/mol. The second-order valence-electron chi connectivity index (χ2n) is 5.45. The van der Waals surface area contributed by atoms with E-state index in [4.69, 9.17) is 23.2 Å². The summed E-state index contributed by atoms with van der Waals surface area (Å²) in [6.07, 6.45) is 2.75. The van der Waals surface area contributed by atoms with Crippen molar-refractivity contribution >= 4 is 40.1 Å². The summed E-state index contributed by atoms with van der Waals surface area (Å²) >= 11 is 11.9. The van der Waals surface area contributed by atoms with Crippen LogP contribution in [0, 0.1) is 0 Å². The van der Waals surface area contributed by atoms with Crippen molar-refractivity contribution in [2.24, 2.45) is 0 Å². The molecule has 0 atom stereocenters. The molecular weight excluding hydrogens is 345 g/mol. The molecule has 0 unspecified atom stereocenters. The molecule has 6 heteroatoms. The Kier molecular flexibility index (Phi) is 5.28. The Morgan fingerprint density at radius 1 is 1.04 bits per heavy atom. The lowest BCUT2D eigenvalue weighted by Crippen LogP contribution is -2.36. The lowest BCUT2D eigenvalue weighted by molar-refractivity contribution is 0.240. The Balaban J connectivity index is 1.47. The van der Waals surface area contributed by atoms with Crippen molar-refractivity contribution in [3.8, 4) is 0 Å². The molecule has 0 saturated heterocycles. The van der Waals surface area contributed by atoms with Crippen LogP contribution < -0.4 is 10.6 Å². The van der Waals surface area contributed by atoms with Gasteiger partial charge in [-0.3, -0.25) is 0 Å². The summed E-state index contributed by atoms with van der Waals surface area (Å²) < 4.78 is 0. The van der Waals surface area contributed by atoms with Gasteiger partial charge in [0.05, 0.1) is 0 Å². The van der Waals surface area contributed by atoms with Gasteiger partial charge in [-0.2, -0.15) is 0 Å². The minimum absolute atomic E-state index is 0.221. The molecular formula is C18H17Cl2N3O. The van der Waals surface area contributed by atoms with E-state index < -0.39 is 0 Å². The SMILES string of the molecule is O=C(NCCc1c[nH]c2ccccc12)NCc1ccc(Cl)cc1Cl. The zero-order valence-corrected chi connectivity index (χ0v) is 14.4. The lowest BCUT2D eigenvalue weighted by Gasteiger charge is -2.09. The highest BCUT2D eigenvalue weighted by Gasteiger charge is 2.06. The van der Waals surface area contributed by atoms with Crippen LogP contribution in [0.15, 0.2) is 48.7 Å². The number of H-pyrrole nitrogens is 1. The number of amides is 2. The molecule has 1 aromatic heterocycles. The summed E-state index contributed by atoms with van der Waals surface area (Å²) in [4.78, 5) is 15.1. The first-order chi connectivity index (χ1) is 11.6. The van der Waals surface area contributed by atoms with Crippen molar-refractivity contribution in [2.45, 2.75) is 13.0 Å². The topological polar surface area (TPSA) is 56.9 Å². The molecule has 2 amide bonds. The fraction of sp³-hybridized carbons (Fsp3) is 0.167. The maximum Gasteiger partial charge on any atom is 0.315 e. The molecule has 24 heavy (non-hydrogen) atoms. The smallest absolute Gasteiger partial charge is 0.315 e. The van der Waals surface area contributed by atoms with Crippen LogP contribution in [0.1, 0.15) is 11.1 Å². The number of para-hydroxylation sites is 1. The van der Waals surface area contributed by atoms with Crippen LogP contribution in [0.25, 0.3) is 10.9 Å². The van der Waals surface area contributed by atoms with Crippen molar-refractivity contribution in [1.82, 2.24) is 15.6 Å². The number of nitrogens with one attached hydrogen (secondary N) is 3. The van der Waals surface area contributed by atoms with Gasteiger partial charge < -0.3 is 15.6 Å². The van der Waals surface area contributed by atoms with Crippen molar-refractivity contribution in [3.05, 3.63) is 69.8 Å². The standard InChI is InChI=1S/C18H17Cl2N3O/c19-14-6-5-13(16(20)9-14)11-23-18(24)21-8-7-12-10-22-17-4-2-1-3-15(12)17/h1-6,9-10,22H,7-8,11H2,(H2,21,23,24). The number of benzene rings is 2. The van der Waals surface area contributed by atoms with Crippen molar-refractivity contribution in [2.75, 3.05) is 6.54 Å². The molecule has 3 N–H and O–H groups in total. The van der Waals surface area contributed by atoms with E-state index in [0.717, 1.165) is 17.5 Å². The van der Waals surface area contributed by atoms with E-state index in [2.05, 4.69) is 21.7 Å². The third-order valence-electron chi connectivity index (χ3n) is 3.81. The number of aromatic nitrogens is 1. The molecule has 0 aliphatic rings. The molecule has 3 aromatic rings. The van der Waals surface area contributed by atoms with Gasteiger partial charge in [0.15, 0.2) is 0 Å². The molecule has 1 heterocycles. The average Bonchev–Trinajstić information content (AvgIpc) is 2.97. The molecule has 0 spiro atoms. The highest BCUT2D eigenvalue weighted by atomic mass is 35.5. The highest BCUT2D eigenvalue weighted by Crippen LogP contribution is 2.20. The fourth-order valence-electron chi connectivity index (χ4n) is 2.55. The molecule has 0 saturated carbocycles. The predicted molar refractivity (Wildman–Crippen MR) is 98.7 cm³/mol. The summed E-state index contributed by atoms with van der Waals surface area (Å²) in [6.45, 7) is 0.914. The van der Waals surface area contributed by atoms with E-state index in [1.165, 1.54) is 10.9 Å². The van der Waals surface area contributed by atoms with Crippen LogP contribution in [0.2, 0.25) is 10.0 Å². The predicted octanol–water partition coefficient (Wildman–Crippen LogP) is 4.52. The van der Waals surface area contributed by atoms with Crippen LogP contribution >= 0.6 is 23.2 Å². The summed E-state index contributed by atoms with van der Waals surface area (Å²) in [6, 6.07) is 13.1. The summed E-state index contributed by atoms with van der Waals surface area (Å²) in [5, 5.41) is 7.95. The first-order valence-electron chi connectivity index (χ1n) is 7.64. The summed E-state index contributed by atoms with van der Waals surface area (Å²) in [7, 11) is 0. The number of carbonyl (C=O) groups is 1. The van der Waals surface area contributed by atoms with Crippen LogP contribution in [-0.4, -0.2) is 17.6 Å². The van der Waals surface area contributed by atoms with Gasteiger partial charge in [0.2, 0.25) is 0 Å². The number of carbonyl (C=O) groups excluding carboxylic acids is 1. The Morgan fingerprint density at radius 2 is 1.88 bits per heavy atom. The third-order valence-corrected chi connectivity index (χ3v) is 4.40. The first kappa shape index (κ1) is 16.7. The third kappa shape index (κ3) is 4.02. The largest absolute Gasteiger partial charge is 0.361 e. The van der Waals surface area contributed by atoms with Crippen molar-refractivity contribution in [1.29, 1.82) is 0 Å². The van der Waals surface area contributed by atoms with Crippen molar-refractivity contribution < 1.29 is 4.79 Å². The second kappa shape index (κ2) is 7.60. The van der Waals surface area contributed by atoms with Gasteiger partial charge in [0.1, 0.15) is 0 Å². The Hall–Kier alpha value is -2.17. The molecule has 124 valence electrons. The van der Waals surface area contributed by atoms with Crippen LogP contribution in [0.3, 0.4) is 0 Å². The molecule has 0 bridgehead atoms. The van der Waals surface area contributed by atoms with Gasteiger partial charge >= 0.3 is 6.03 Å². The minimum atomic E-state index is -0.221. The molecule has 0 fully saturated rings. The van der Waals surface area contributed by atoms with Gasteiger partial charge in [-0.1, -0.05) is 47.5 Å². The zero-order valence-electron chi connectivity index (χ0n) is 12.9. The van der Waals surface area contributed by atoms with E-state index in [1.807, 2.05) is 24.4 Å². The Labute approximate surface area is 150 Å². The molecule has 3 rings (SSSR count). The Bertz CT molecular complexity index is 860. The quantitative estimate of drug-likeness (QED) is 0.614. The number of hydrogen-bond acceptors (Lipinski definition) is 1. The fourth-order valence-corrected chi connectivity index (χ4v) is 3.03. The number of aromatic amines is 1. The number of urea groups is 1. The second-order valence-corrected chi connectivity index (χ2v) is 6.30. The van der Waals surface area contributed by atoms with Crippen LogP contribution in [-0.2, 0) is 13.0 Å². The minimum Gasteiger partial charge on any atom is -0.361 e. The normalized spacial score (nSPS) is 10.8. The van der Waals surface area contributed by atoms with Gasteiger partial charge in [0, 0.05) is 40.2 Å². The molecule has 4 nitrogen and oxygen atoms in total. The first-order valence-corrected chi connectivity index (χ1v) is 8.39. The summed E-state index contributed by atoms with van der Waals surface area (Å²) in [5.74, 6) is 0. The molecule has 0 aliphatic heterocycles. The van der Waals surface area contributed by atoms with E-state index in [-0.39, 0.29) is 6.03 Å². The van der Waals surface area contributed by atoms with E-state index in [9.17, 15) is 4.79 Å². The van der Waals surface area contributed by atoms with Gasteiger partial charge in [0.25, 0.3) is 0 Å². The van der Waals surface area contributed by atoms with Crippen LogP contribution in [0.5, 0.6) is 0 Å². The van der Waals surface area contributed by atoms with Gasteiger partial charge in [-0.25, -0.2) is 4.79 Å². The highest BCUT2D eigenvalue weighted by molar-refractivity contribution is 6.35. The molecule has 0 radical (unpaired) electrons. The maximum atomic E-state index is 11.9. The number of hydrogen-bond donors (Lipinski definition) is 3. The number of halogens is 2. The van der Waals surface area contributed by atoms with Gasteiger partial charge in [-0.05, 0) is 35.7 Å². The van der Waals surface area contributed by atoms with E-state index >= 15 is 0 Å².